The van der Waals surface area contributed by atoms with Crippen molar-refractivity contribution in [2.45, 2.75) is 0 Å². The summed E-state index contributed by atoms with van der Waals surface area (Å²) < 4.78 is 1.09. The Morgan fingerprint density at radius 2 is 2.13 bits per heavy atom. The van der Waals surface area contributed by atoms with Crippen LogP contribution < -0.4 is 10.6 Å². The van der Waals surface area contributed by atoms with E-state index in [4.69, 9.17) is 12.2 Å². The van der Waals surface area contributed by atoms with E-state index in [1.165, 1.54) is 0 Å². The van der Waals surface area contributed by atoms with Crippen LogP contribution in [0.15, 0.2) is 55.1 Å². The molecule has 0 saturated heterocycles. The van der Waals surface area contributed by atoms with E-state index in [1.54, 1.807) is 29.5 Å². The van der Waals surface area contributed by atoms with Crippen molar-refractivity contribution < 1.29 is 5.11 Å². The molecule has 0 aliphatic carbocycles. The van der Waals surface area contributed by atoms with Crippen LogP contribution in [-0.2, 0) is 0 Å². The summed E-state index contributed by atoms with van der Waals surface area (Å²) >= 11 is 6.75. The van der Waals surface area contributed by atoms with Gasteiger partial charge in [0.25, 0.3) is 0 Å². The maximum absolute atomic E-state index is 10.2. The number of thiocarbonyl (C=S) groups is 1. The molecule has 0 aliphatic heterocycles. The lowest BCUT2D eigenvalue weighted by molar-refractivity contribution is 0.477. The van der Waals surface area contributed by atoms with Crippen LogP contribution in [0.2, 0.25) is 0 Å². The first-order chi connectivity index (χ1) is 11.2. The molecule has 0 unspecified atom stereocenters. The van der Waals surface area contributed by atoms with Gasteiger partial charge in [0.15, 0.2) is 5.11 Å². The first kappa shape index (κ1) is 15.5. The Balaban J connectivity index is 1.91. The van der Waals surface area contributed by atoms with Crippen molar-refractivity contribution >= 4 is 44.6 Å². The molecule has 3 aromatic rings. The van der Waals surface area contributed by atoms with Crippen LogP contribution in [0, 0.1) is 0 Å². The lowest BCUT2D eigenvalue weighted by Crippen LogP contribution is -2.28. The SMILES string of the molecule is C=CCNC(=S)Nc1ccc(O)c(-c2nc3ccccc3s2)c1. The molecule has 0 fully saturated rings. The van der Waals surface area contributed by atoms with Gasteiger partial charge in [0.2, 0.25) is 0 Å². The fourth-order valence-corrected chi connectivity index (χ4v) is 3.30. The molecular formula is C17H15N3OS2. The van der Waals surface area contributed by atoms with Gasteiger partial charge in [-0.1, -0.05) is 18.2 Å². The third-order valence-electron chi connectivity index (χ3n) is 3.19. The maximum atomic E-state index is 10.2. The van der Waals surface area contributed by atoms with Gasteiger partial charge in [-0.15, -0.1) is 17.9 Å². The quantitative estimate of drug-likeness (QED) is 0.378. The molecule has 4 nitrogen and oxygen atoms in total. The van der Waals surface area contributed by atoms with Crippen molar-refractivity contribution in [2.75, 3.05) is 11.9 Å². The third kappa shape index (κ3) is 3.49. The smallest absolute Gasteiger partial charge is 0.171 e. The highest BCUT2D eigenvalue weighted by Gasteiger charge is 2.11. The van der Waals surface area contributed by atoms with Gasteiger partial charge >= 0.3 is 0 Å². The van der Waals surface area contributed by atoms with Crippen molar-refractivity contribution in [3.05, 3.63) is 55.1 Å². The number of anilines is 1. The maximum Gasteiger partial charge on any atom is 0.171 e. The Morgan fingerprint density at radius 3 is 2.91 bits per heavy atom. The van der Waals surface area contributed by atoms with E-state index in [0.717, 1.165) is 20.9 Å². The Kier molecular flexibility index (Phi) is 4.55. The van der Waals surface area contributed by atoms with E-state index in [1.807, 2.05) is 30.3 Å². The first-order valence-corrected chi connectivity index (χ1v) is 8.24. The van der Waals surface area contributed by atoms with Crippen molar-refractivity contribution in [1.82, 2.24) is 10.3 Å². The number of phenols is 1. The molecule has 0 amide bonds. The van der Waals surface area contributed by atoms with Crippen LogP contribution in [0.4, 0.5) is 5.69 Å². The summed E-state index contributed by atoms with van der Waals surface area (Å²) in [5.74, 6) is 0.194. The molecule has 2 aromatic carbocycles. The van der Waals surface area contributed by atoms with Crippen molar-refractivity contribution in [1.29, 1.82) is 0 Å². The van der Waals surface area contributed by atoms with Crippen LogP contribution >= 0.6 is 23.6 Å². The van der Waals surface area contributed by atoms with Crippen LogP contribution in [0.25, 0.3) is 20.8 Å². The number of benzene rings is 2. The highest BCUT2D eigenvalue weighted by Crippen LogP contribution is 2.36. The number of rotatable bonds is 4. The highest BCUT2D eigenvalue weighted by atomic mass is 32.1. The minimum Gasteiger partial charge on any atom is -0.507 e. The largest absolute Gasteiger partial charge is 0.507 e. The van der Waals surface area contributed by atoms with E-state index >= 15 is 0 Å². The van der Waals surface area contributed by atoms with Gasteiger partial charge in [-0.2, -0.15) is 0 Å². The van der Waals surface area contributed by atoms with Gasteiger partial charge < -0.3 is 15.7 Å². The van der Waals surface area contributed by atoms with Crippen LogP contribution in [0.1, 0.15) is 0 Å². The second-order valence-electron chi connectivity index (χ2n) is 4.84. The number of fused-ring (bicyclic) bond motifs is 1. The molecule has 0 spiro atoms. The molecule has 1 aromatic heterocycles. The lowest BCUT2D eigenvalue weighted by atomic mass is 10.2. The predicted molar refractivity (Wildman–Crippen MR) is 101 cm³/mol. The Hall–Kier alpha value is -2.44. The van der Waals surface area contributed by atoms with Gasteiger partial charge in [-0.3, -0.25) is 0 Å². The number of aromatic hydroxyl groups is 1. The number of thiazole rings is 1. The Labute approximate surface area is 143 Å². The van der Waals surface area contributed by atoms with E-state index in [-0.39, 0.29) is 5.75 Å². The summed E-state index contributed by atoms with van der Waals surface area (Å²) in [6.45, 7) is 4.23. The summed E-state index contributed by atoms with van der Waals surface area (Å²) in [5, 5.41) is 17.5. The number of aromatic nitrogens is 1. The van der Waals surface area contributed by atoms with Crippen LogP contribution in [0.5, 0.6) is 5.75 Å². The normalized spacial score (nSPS) is 10.4. The van der Waals surface area contributed by atoms with E-state index in [2.05, 4.69) is 22.2 Å². The zero-order chi connectivity index (χ0) is 16.2. The molecule has 0 saturated carbocycles. The van der Waals surface area contributed by atoms with Gasteiger partial charge in [0, 0.05) is 12.2 Å². The topological polar surface area (TPSA) is 57.2 Å². The van der Waals surface area contributed by atoms with E-state index in [9.17, 15) is 5.11 Å². The third-order valence-corrected chi connectivity index (χ3v) is 4.50. The van der Waals surface area contributed by atoms with Gasteiger partial charge in [-0.05, 0) is 42.5 Å². The van der Waals surface area contributed by atoms with Crippen LogP contribution in [0.3, 0.4) is 0 Å². The summed E-state index contributed by atoms with van der Waals surface area (Å²) in [6, 6.07) is 13.2. The molecule has 3 rings (SSSR count). The fraction of sp³-hybridized carbons (Fsp3) is 0.0588. The molecule has 23 heavy (non-hydrogen) atoms. The molecular weight excluding hydrogens is 326 g/mol. The predicted octanol–water partition coefficient (Wildman–Crippen LogP) is 4.14. The number of phenolic OH excluding ortho intramolecular Hbond substituents is 1. The molecule has 0 radical (unpaired) electrons. The van der Waals surface area contributed by atoms with Crippen molar-refractivity contribution in [3.63, 3.8) is 0 Å². The Bertz CT molecular complexity index is 840. The average molecular weight is 341 g/mol. The summed E-state index contributed by atoms with van der Waals surface area (Å²) in [6.07, 6.45) is 1.73. The monoisotopic (exact) mass is 341 g/mol. The van der Waals surface area contributed by atoms with E-state index in [0.29, 0.717) is 17.2 Å². The van der Waals surface area contributed by atoms with E-state index < -0.39 is 0 Å². The van der Waals surface area contributed by atoms with Crippen molar-refractivity contribution in [3.8, 4) is 16.3 Å². The molecule has 1 heterocycles. The average Bonchev–Trinajstić information content (AvgIpc) is 2.98. The number of para-hydroxylation sites is 1. The summed E-state index contributed by atoms with van der Waals surface area (Å²) in [5.41, 5.74) is 2.40. The molecule has 0 aliphatic rings. The fourth-order valence-electron chi connectivity index (χ4n) is 2.11. The number of nitrogens with one attached hydrogen (secondary N) is 2. The van der Waals surface area contributed by atoms with Gasteiger partial charge in [-0.25, -0.2) is 4.98 Å². The van der Waals surface area contributed by atoms with Gasteiger partial charge in [0.05, 0.1) is 15.8 Å². The minimum absolute atomic E-state index is 0.194. The number of nitrogens with zero attached hydrogens (tertiary/aromatic N) is 1. The number of hydrogen-bond acceptors (Lipinski definition) is 4. The second-order valence-corrected chi connectivity index (χ2v) is 6.28. The van der Waals surface area contributed by atoms with Crippen LogP contribution in [-0.4, -0.2) is 21.7 Å². The Morgan fingerprint density at radius 1 is 1.30 bits per heavy atom. The minimum atomic E-state index is 0.194. The highest BCUT2D eigenvalue weighted by molar-refractivity contribution is 7.80. The molecule has 0 atom stereocenters. The zero-order valence-corrected chi connectivity index (χ0v) is 13.9. The summed E-state index contributed by atoms with van der Waals surface area (Å²) in [4.78, 5) is 4.58. The lowest BCUT2D eigenvalue weighted by Gasteiger charge is -2.10. The molecule has 6 heteroatoms. The van der Waals surface area contributed by atoms with Crippen molar-refractivity contribution in [2.24, 2.45) is 0 Å². The molecule has 0 bridgehead atoms. The molecule has 116 valence electrons. The first-order valence-electron chi connectivity index (χ1n) is 7.02. The van der Waals surface area contributed by atoms with Gasteiger partial charge in [0.1, 0.15) is 10.8 Å². The standard InChI is InChI=1S/C17H15N3OS2/c1-2-9-18-17(22)19-11-7-8-14(21)12(10-11)16-20-13-5-3-4-6-15(13)23-16/h2-8,10,21H,1,9H2,(H2,18,19,22). The summed E-state index contributed by atoms with van der Waals surface area (Å²) in [7, 11) is 0. The second kappa shape index (κ2) is 6.76. The molecule has 3 N–H and O–H groups in total. The number of hydrogen-bond donors (Lipinski definition) is 3. The zero-order valence-electron chi connectivity index (χ0n) is 12.2.